The molecule has 1 N–H and O–H groups in total. The summed E-state index contributed by atoms with van der Waals surface area (Å²) in [5, 5.41) is 2.11. The molecule has 0 spiro atoms. The molecule has 1 saturated heterocycles. The number of amides is 4. The Morgan fingerprint density at radius 1 is 0.912 bits per heavy atom. The third-order valence-corrected chi connectivity index (χ3v) is 5.24. The first-order valence-corrected chi connectivity index (χ1v) is 9.88. The highest BCUT2D eigenvalue weighted by atomic mass is 19.4. The monoisotopic (exact) mass is 469 g/mol. The molecule has 2 aliphatic rings. The number of nitrogens with one attached hydrogen (secondary N) is 1. The minimum atomic E-state index is -4.54. The number of ether oxygens (including phenoxy) is 2. The van der Waals surface area contributed by atoms with E-state index in [1.807, 2.05) is 0 Å². The van der Waals surface area contributed by atoms with Gasteiger partial charge in [0.05, 0.1) is 11.3 Å². The molecule has 0 radical (unpaired) electrons. The number of carbonyl (C=O) groups excluding carboxylic acids is 3. The lowest BCUT2D eigenvalue weighted by Gasteiger charge is -2.26. The number of benzene rings is 2. The smallest absolute Gasteiger partial charge is 0.416 e. The lowest BCUT2D eigenvalue weighted by Crippen LogP contribution is -2.54. The van der Waals surface area contributed by atoms with Crippen LogP contribution in [0.25, 0.3) is 11.8 Å². The van der Waals surface area contributed by atoms with Crippen molar-refractivity contribution < 1.29 is 37.0 Å². The summed E-state index contributed by atoms with van der Waals surface area (Å²) in [6.07, 6.45) is -1.83. The lowest BCUT2D eigenvalue weighted by atomic mass is 10.1. The number of urea groups is 1. The maximum absolute atomic E-state index is 13.2. The van der Waals surface area contributed by atoms with E-state index in [-0.39, 0.29) is 29.4 Å². The Morgan fingerprint density at radius 2 is 1.71 bits per heavy atom. The number of anilines is 1. The van der Waals surface area contributed by atoms with Crippen LogP contribution in [0.15, 0.2) is 66.4 Å². The van der Waals surface area contributed by atoms with Crippen molar-refractivity contribution in [2.24, 2.45) is 0 Å². The molecule has 0 bridgehead atoms. The first-order valence-electron chi connectivity index (χ1n) is 9.88. The molecule has 4 amide bonds. The molecule has 0 atom stereocenters. The topological polar surface area (TPSA) is 89.9 Å². The second-order valence-corrected chi connectivity index (χ2v) is 7.35. The minimum absolute atomic E-state index is 0.00486. The first kappa shape index (κ1) is 21.3. The zero-order valence-electron chi connectivity index (χ0n) is 17.1. The van der Waals surface area contributed by atoms with Gasteiger partial charge < -0.3 is 14.0 Å². The number of rotatable bonds is 3. The number of imide groups is 2. The van der Waals surface area contributed by atoms with Crippen LogP contribution in [0, 0.1) is 0 Å². The van der Waals surface area contributed by atoms with Gasteiger partial charge in [-0.25, -0.2) is 9.69 Å². The zero-order valence-corrected chi connectivity index (χ0v) is 17.1. The second-order valence-electron chi connectivity index (χ2n) is 7.35. The Balaban J connectivity index is 1.52. The molecular weight excluding hydrogens is 455 g/mol. The van der Waals surface area contributed by atoms with E-state index in [4.69, 9.17) is 9.47 Å². The summed E-state index contributed by atoms with van der Waals surface area (Å²) in [6, 6.07) is 11.2. The van der Waals surface area contributed by atoms with Gasteiger partial charge in [-0.05, 0) is 48.5 Å². The molecule has 3 heterocycles. The molecule has 11 heteroatoms. The van der Waals surface area contributed by atoms with Gasteiger partial charge in [0.25, 0.3) is 11.8 Å². The standard InChI is InChI=1S/C23H14F3N3O5/c24-23(25,26)13-3-1-4-14(9-13)28-8-2-5-15(28)10-17-20(30)27-22(32)29(21(17)31)16-6-7-18-19(11-16)34-12-33-18/h1-11H,12H2,(H,27,30,32)/b17-10+. The fraction of sp³-hybridized carbons (Fsp3) is 0.0870. The number of alkyl halides is 3. The number of carbonyl (C=O) groups is 3. The first-order chi connectivity index (χ1) is 16.2. The van der Waals surface area contributed by atoms with Gasteiger partial charge in [0.2, 0.25) is 6.79 Å². The predicted molar refractivity (Wildman–Crippen MR) is 112 cm³/mol. The van der Waals surface area contributed by atoms with Crippen molar-refractivity contribution in [3.63, 3.8) is 0 Å². The molecule has 0 saturated carbocycles. The van der Waals surface area contributed by atoms with E-state index in [2.05, 4.69) is 5.32 Å². The summed E-state index contributed by atoms with van der Waals surface area (Å²) < 4.78 is 51.3. The van der Waals surface area contributed by atoms with Crippen LogP contribution in [0.2, 0.25) is 0 Å². The van der Waals surface area contributed by atoms with Crippen molar-refractivity contribution in [3.05, 3.63) is 77.6 Å². The number of hydrogen-bond acceptors (Lipinski definition) is 5. The Morgan fingerprint density at radius 3 is 2.50 bits per heavy atom. The Labute approximate surface area is 189 Å². The number of barbiturate groups is 1. The number of halogens is 3. The van der Waals surface area contributed by atoms with E-state index in [1.54, 1.807) is 6.07 Å². The molecule has 34 heavy (non-hydrogen) atoms. The van der Waals surface area contributed by atoms with Crippen LogP contribution < -0.4 is 19.7 Å². The molecule has 5 rings (SSSR count). The molecule has 1 aromatic heterocycles. The van der Waals surface area contributed by atoms with Crippen LogP contribution in [0.4, 0.5) is 23.7 Å². The molecule has 0 unspecified atom stereocenters. The summed E-state index contributed by atoms with van der Waals surface area (Å²) in [7, 11) is 0. The third kappa shape index (κ3) is 3.66. The van der Waals surface area contributed by atoms with E-state index < -0.39 is 29.6 Å². The van der Waals surface area contributed by atoms with Crippen LogP contribution in [0.3, 0.4) is 0 Å². The fourth-order valence-electron chi connectivity index (χ4n) is 3.64. The molecule has 0 aliphatic carbocycles. The van der Waals surface area contributed by atoms with Crippen LogP contribution in [-0.2, 0) is 15.8 Å². The number of nitrogens with zero attached hydrogens (tertiary/aromatic N) is 2. The number of fused-ring (bicyclic) bond motifs is 1. The van der Waals surface area contributed by atoms with Gasteiger partial charge in [-0.3, -0.25) is 14.9 Å². The van der Waals surface area contributed by atoms with Crippen molar-refractivity contribution in [2.75, 3.05) is 11.7 Å². The fourth-order valence-corrected chi connectivity index (χ4v) is 3.64. The maximum atomic E-state index is 13.2. The Hall–Kier alpha value is -4.54. The van der Waals surface area contributed by atoms with Gasteiger partial charge in [0, 0.05) is 23.6 Å². The summed E-state index contributed by atoms with van der Waals surface area (Å²) in [4.78, 5) is 38.9. The maximum Gasteiger partial charge on any atom is 0.416 e. The van der Waals surface area contributed by atoms with Crippen molar-refractivity contribution in [3.8, 4) is 17.2 Å². The van der Waals surface area contributed by atoms with Gasteiger partial charge >= 0.3 is 12.2 Å². The van der Waals surface area contributed by atoms with E-state index in [0.29, 0.717) is 11.5 Å². The van der Waals surface area contributed by atoms with Crippen LogP contribution in [0.5, 0.6) is 11.5 Å². The molecule has 2 aliphatic heterocycles. The van der Waals surface area contributed by atoms with E-state index in [0.717, 1.165) is 17.0 Å². The van der Waals surface area contributed by atoms with Gasteiger partial charge in [-0.2, -0.15) is 13.2 Å². The van der Waals surface area contributed by atoms with Gasteiger partial charge in [0.1, 0.15) is 5.57 Å². The summed E-state index contributed by atoms with van der Waals surface area (Å²) in [5.41, 5.74) is -0.622. The lowest BCUT2D eigenvalue weighted by molar-refractivity contribution is -0.137. The van der Waals surface area contributed by atoms with Crippen LogP contribution in [-0.4, -0.2) is 29.2 Å². The summed E-state index contributed by atoms with van der Waals surface area (Å²) in [5.74, 6) is -1.05. The van der Waals surface area contributed by atoms with Crippen LogP contribution in [0.1, 0.15) is 11.3 Å². The van der Waals surface area contributed by atoms with Gasteiger partial charge in [-0.15, -0.1) is 0 Å². The Bertz CT molecular complexity index is 1380. The largest absolute Gasteiger partial charge is 0.454 e. The average Bonchev–Trinajstić information content (AvgIpc) is 3.45. The summed E-state index contributed by atoms with van der Waals surface area (Å²) in [6.45, 7) is -0.00486. The van der Waals surface area contributed by atoms with Crippen molar-refractivity contribution in [2.45, 2.75) is 6.18 Å². The van der Waals surface area contributed by atoms with Gasteiger partial charge in [-0.1, -0.05) is 6.07 Å². The normalized spacial score (nSPS) is 16.9. The van der Waals surface area contributed by atoms with E-state index >= 15 is 0 Å². The molecule has 172 valence electrons. The average molecular weight is 469 g/mol. The quantitative estimate of drug-likeness (QED) is 0.465. The zero-order chi connectivity index (χ0) is 24.0. The molecular formula is C23H14F3N3O5. The van der Waals surface area contributed by atoms with E-state index in [9.17, 15) is 27.6 Å². The highest BCUT2D eigenvalue weighted by Gasteiger charge is 2.37. The van der Waals surface area contributed by atoms with Crippen molar-refractivity contribution >= 4 is 29.6 Å². The minimum Gasteiger partial charge on any atom is -0.454 e. The molecule has 2 aromatic carbocycles. The van der Waals surface area contributed by atoms with Crippen molar-refractivity contribution in [1.82, 2.24) is 9.88 Å². The van der Waals surface area contributed by atoms with Crippen molar-refractivity contribution in [1.29, 1.82) is 0 Å². The third-order valence-electron chi connectivity index (χ3n) is 5.24. The van der Waals surface area contributed by atoms with E-state index in [1.165, 1.54) is 53.2 Å². The molecule has 8 nitrogen and oxygen atoms in total. The number of hydrogen-bond donors (Lipinski definition) is 1. The second kappa shape index (κ2) is 7.80. The highest BCUT2D eigenvalue weighted by Crippen LogP contribution is 2.36. The van der Waals surface area contributed by atoms with Gasteiger partial charge in [0.15, 0.2) is 11.5 Å². The summed E-state index contributed by atoms with van der Waals surface area (Å²) >= 11 is 0. The van der Waals surface area contributed by atoms with Crippen LogP contribution >= 0.6 is 0 Å². The number of aromatic nitrogens is 1. The molecule has 3 aromatic rings. The predicted octanol–water partition coefficient (Wildman–Crippen LogP) is 3.89. The molecule has 1 fully saturated rings. The highest BCUT2D eigenvalue weighted by molar-refractivity contribution is 6.39. The Kier molecular flexibility index (Phi) is 4.89. The SMILES string of the molecule is O=C1NC(=O)N(c2ccc3c(c2)OCO3)C(=O)/C1=C/c1cccn1-c1cccc(C(F)(F)F)c1.